The van der Waals surface area contributed by atoms with E-state index in [1.165, 1.54) is 12.4 Å². The summed E-state index contributed by atoms with van der Waals surface area (Å²) in [7, 11) is 0. The third kappa shape index (κ3) is 3.02. The van der Waals surface area contributed by atoms with E-state index in [4.69, 9.17) is 11.3 Å². The van der Waals surface area contributed by atoms with Crippen molar-refractivity contribution in [2.45, 2.75) is 0 Å². The van der Waals surface area contributed by atoms with Gasteiger partial charge in [-0.1, -0.05) is 18.2 Å². The largest absolute Gasteiger partial charge is 0.417 e. The van der Waals surface area contributed by atoms with Gasteiger partial charge in [0.1, 0.15) is 23.8 Å². The summed E-state index contributed by atoms with van der Waals surface area (Å²) in [4.78, 5) is 22.0. The minimum Gasteiger partial charge on any atom is -0.410 e. The first kappa shape index (κ1) is 11.5. The van der Waals surface area contributed by atoms with E-state index in [-0.39, 0.29) is 5.95 Å². The topological polar surface area (TPSA) is 68.5 Å². The zero-order chi connectivity index (χ0) is 12.8. The molecule has 1 aromatic heterocycles. The number of hydrogen-bond donors (Lipinski definition) is 1. The normalized spacial score (nSPS) is 9.28. The molecule has 0 radical (unpaired) electrons. The molecule has 0 spiro atoms. The molecule has 0 bridgehead atoms. The standard InChI is InChI=1S/C12H8N4O2/c1-13-11-14-7-9(8-15-11)16-12(17)18-10-5-3-2-4-6-10/h2-8H,(H,16,17). The molecule has 0 aliphatic carbocycles. The van der Waals surface area contributed by atoms with Gasteiger partial charge in [0.2, 0.25) is 0 Å². The molecule has 1 N–H and O–H groups in total. The number of nitrogens with one attached hydrogen (secondary N) is 1. The molecule has 0 fully saturated rings. The SMILES string of the molecule is [C-]#[N+]c1ncc(NC(=O)Oc2ccccc2)cn1. The Morgan fingerprint density at radius 3 is 2.50 bits per heavy atom. The second kappa shape index (κ2) is 5.41. The minimum atomic E-state index is -0.639. The van der Waals surface area contributed by atoms with Crippen molar-refractivity contribution in [3.63, 3.8) is 0 Å². The summed E-state index contributed by atoms with van der Waals surface area (Å²) in [6.45, 7) is 6.69. The highest BCUT2D eigenvalue weighted by Gasteiger charge is 2.06. The summed E-state index contributed by atoms with van der Waals surface area (Å²) < 4.78 is 5.01. The number of aromatic nitrogens is 2. The number of benzene rings is 1. The van der Waals surface area contributed by atoms with Gasteiger partial charge in [-0.25, -0.2) is 4.79 Å². The summed E-state index contributed by atoms with van der Waals surface area (Å²) in [5.41, 5.74) is 0.364. The number of para-hydroxylation sites is 1. The van der Waals surface area contributed by atoms with Gasteiger partial charge in [-0.15, -0.1) is 6.57 Å². The van der Waals surface area contributed by atoms with E-state index in [9.17, 15) is 4.79 Å². The maximum absolute atomic E-state index is 11.5. The van der Waals surface area contributed by atoms with Gasteiger partial charge in [-0.05, 0) is 12.1 Å². The maximum Gasteiger partial charge on any atom is 0.417 e. The third-order valence-electron chi connectivity index (χ3n) is 1.94. The van der Waals surface area contributed by atoms with Crippen molar-refractivity contribution in [1.29, 1.82) is 0 Å². The monoisotopic (exact) mass is 240 g/mol. The lowest BCUT2D eigenvalue weighted by Gasteiger charge is -2.04. The Kier molecular flexibility index (Phi) is 3.47. The molecule has 0 saturated carbocycles. The van der Waals surface area contributed by atoms with Gasteiger partial charge in [-0.3, -0.25) is 5.32 Å². The predicted molar refractivity (Wildman–Crippen MR) is 64.4 cm³/mol. The summed E-state index contributed by atoms with van der Waals surface area (Å²) in [5, 5.41) is 2.45. The van der Waals surface area contributed by atoms with Gasteiger partial charge in [-0.2, -0.15) is 9.97 Å². The number of carbonyl (C=O) groups excluding carboxylic acids is 1. The van der Waals surface area contributed by atoms with Crippen LogP contribution in [0.15, 0.2) is 42.7 Å². The fourth-order valence-corrected chi connectivity index (χ4v) is 1.18. The van der Waals surface area contributed by atoms with Crippen LogP contribution in [0.2, 0.25) is 0 Å². The van der Waals surface area contributed by atoms with Crippen molar-refractivity contribution in [3.8, 4) is 5.75 Å². The van der Waals surface area contributed by atoms with Gasteiger partial charge in [0.05, 0.1) is 0 Å². The van der Waals surface area contributed by atoms with E-state index < -0.39 is 6.09 Å². The Morgan fingerprint density at radius 1 is 1.22 bits per heavy atom. The molecule has 2 rings (SSSR count). The lowest BCUT2D eigenvalue weighted by molar-refractivity contribution is 0.215. The van der Waals surface area contributed by atoms with Gasteiger partial charge >= 0.3 is 12.0 Å². The third-order valence-corrected chi connectivity index (χ3v) is 1.94. The fraction of sp³-hybridized carbons (Fsp3) is 0. The average Bonchev–Trinajstić information content (AvgIpc) is 2.40. The van der Waals surface area contributed by atoms with E-state index in [0.717, 1.165) is 0 Å². The van der Waals surface area contributed by atoms with Crippen molar-refractivity contribution in [2.75, 3.05) is 5.32 Å². The van der Waals surface area contributed by atoms with Gasteiger partial charge in [0, 0.05) is 0 Å². The lowest BCUT2D eigenvalue weighted by Crippen LogP contribution is -2.16. The number of carbonyl (C=O) groups is 1. The maximum atomic E-state index is 11.5. The van der Waals surface area contributed by atoms with Gasteiger partial charge in [0.25, 0.3) is 0 Å². The van der Waals surface area contributed by atoms with Crippen LogP contribution in [0.25, 0.3) is 4.85 Å². The Hall–Kier alpha value is -2.94. The number of amides is 1. The minimum absolute atomic E-state index is 0.0250. The molecule has 0 aliphatic rings. The van der Waals surface area contributed by atoms with Crippen molar-refractivity contribution >= 4 is 17.7 Å². The van der Waals surface area contributed by atoms with E-state index >= 15 is 0 Å². The molecule has 1 aromatic carbocycles. The summed E-state index contributed by atoms with van der Waals surface area (Å²) in [5.74, 6) is 0.464. The van der Waals surface area contributed by atoms with Crippen LogP contribution in [0.3, 0.4) is 0 Å². The van der Waals surface area contributed by atoms with Crippen molar-refractivity contribution in [1.82, 2.24) is 9.97 Å². The Bertz CT molecular complexity index is 575. The number of rotatable bonds is 2. The number of nitrogens with zero attached hydrogens (tertiary/aromatic N) is 3. The van der Waals surface area contributed by atoms with Crippen LogP contribution in [0.4, 0.5) is 16.4 Å². The summed E-state index contributed by atoms with van der Waals surface area (Å²) in [6, 6.07) is 8.67. The van der Waals surface area contributed by atoms with Crippen LogP contribution in [-0.4, -0.2) is 16.1 Å². The zero-order valence-electron chi connectivity index (χ0n) is 9.20. The highest BCUT2D eigenvalue weighted by molar-refractivity contribution is 5.85. The van der Waals surface area contributed by atoms with Crippen molar-refractivity contribution < 1.29 is 9.53 Å². The molecule has 0 saturated heterocycles. The molecule has 88 valence electrons. The molecule has 0 aliphatic heterocycles. The predicted octanol–water partition coefficient (Wildman–Crippen LogP) is 2.64. The first-order valence-corrected chi connectivity index (χ1v) is 5.01. The molecule has 1 heterocycles. The molecule has 18 heavy (non-hydrogen) atoms. The Morgan fingerprint density at radius 2 is 1.89 bits per heavy atom. The lowest BCUT2D eigenvalue weighted by atomic mass is 10.3. The van der Waals surface area contributed by atoms with Crippen LogP contribution in [-0.2, 0) is 0 Å². The van der Waals surface area contributed by atoms with Crippen LogP contribution in [0, 0.1) is 6.57 Å². The van der Waals surface area contributed by atoms with Crippen molar-refractivity contribution in [2.24, 2.45) is 0 Å². The molecule has 0 unspecified atom stereocenters. The molecule has 0 atom stereocenters. The molecule has 6 nitrogen and oxygen atoms in total. The quantitative estimate of drug-likeness (QED) is 0.819. The molecule has 6 heteroatoms. The van der Waals surface area contributed by atoms with Crippen LogP contribution in [0.1, 0.15) is 0 Å². The second-order valence-corrected chi connectivity index (χ2v) is 3.21. The molecule has 1 amide bonds. The number of hydrogen-bond acceptors (Lipinski definition) is 4. The van der Waals surface area contributed by atoms with Crippen LogP contribution in [0.5, 0.6) is 5.75 Å². The highest BCUT2D eigenvalue weighted by atomic mass is 16.6. The molecular formula is C12H8N4O2. The van der Waals surface area contributed by atoms with E-state index in [1.54, 1.807) is 24.3 Å². The highest BCUT2D eigenvalue weighted by Crippen LogP contribution is 2.11. The molecular weight excluding hydrogens is 232 g/mol. The molecule has 2 aromatic rings. The summed E-state index contributed by atoms with van der Waals surface area (Å²) >= 11 is 0. The zero-order valence-corrected chi connectivity index (χ0v) is 9.20. The Balaban J connectivity index is 1.97. The van der Waals surface area contributed by atoms with Gasteiger partial charge < -0.3 is 9.58 Å². The van der Waals surface area contributed by atoms with Crippen LogP contribution >= 0.6 is 0 Å². The summed E-state index contributed by atoms with van der Waals surface area (Å²) in [6.07, 6.45) is 2.04. The van der Waals surface area contributed by atoms with Crippen molar-refractivity contribution in [3.05, 3.63) is 54.1 Å². The van der Waals surface area contributed by atoms with Crippen LogP contribution < -0.4 is 10.1 Å². The fourth-order valence-electron chi connectivity index (χ4n) is 1.18. The smallest absolute Gasteiger partial charge is 0.410 e. The number of ether oxygens (including phenoxy) is 1. The first-order chi connectivity index (χ1) is 8.78. The van der Waals surface area contributed by atoms with E-state index in [1.807, 2.05) is 6.07 Å². The average molecular weight is 240 g/mol. The van der Waals surface area contributed by atoms with Gasteiger partial charge in [0.15, 0.2) is 0 Å². The van der Waals surface area contributed by atoms with E-state index in [2.05, 4.69) is 20.1 Å². The Labute approximate surface area is 103 Å². The first-order valence-electron chi connectivity index (χ1n) is 5.01. The van der Waals surface area contributed by atoms with E-state index in [0.29, 0.717) is 11.4 Å². The number of anilines is 1. The second-order valence-electron chi connectivity index (χ2n) is 3.21.